The Morgan fingerprint density at radius 1 is 0.842 bits per heavy atom. The molecule has 19 heavy (non-hydrogen) atoms. The van der Waals surface area contributed by atoms with Gasteiger partial charge >= 0.3 is 11.9 Å². The Hall–Kier alpha value is -1.64. The van der Waals surface area contributed by atoms with Gasteiger partial charge in [-0.25, -0.2) is 9.59 Å². The van der Waals surface area contributed by atoms with Crippen molar-refractivity contribution in [1.82, 2.24) is 0 Å². The van der Waals surface area contributed by atoms with Crippen LogP contribution in [0.1, 0.15) is 69.7 Å². The fourth-order valence-corrected chi connectivity index (χ4v) is 3.59. The monoisotopic (exact) mass is 258 g/mol. The van der Waals surface area contributed by atoms with Crippen LogP contribution in [0, 0.1) is 0 Å². The van der Waals surface area contributed by atoms with Crippen molar-refractivity contribution in [3.8, 4) is 0 Å². The summed E-state index contributed by atoms with van der Waals surface area (Å²) in [7, 11) is 0. The molecule has 0 atom stereocenters. The summed E-state index contributed by atoms with van der Waals surface area (Å²) in [6, 6.07) is 0. The minimum absolute atomic E-state index is 0.445. The van der Waals surface area contributed by atoms with Gasteiger partial charge in [-0.05, 0) is 60.8 Å². The van der Waals surface area contributed by atoms with Crippen molar-refractivity contribution in [2.45, 2.75) is 52.4 Å². The average Bonchev–Trinajstić information content (AvgIpc) is 2.72. The summed E-state index contributed by atoms with van der Waals surface area (Å²) in [5.41, 5.74) is 5.86. The molecule has 3 heteroatoms. The van der Waals surface area contributed by atoms with Gasteiger partial charge in [0.2, 0.25) is 0 Å². The van der Waals surface area contributed by atoms with Crippen LogP contribution in [-0.4, -0.2) is 11.9 Å². The summed E-state index contributed by atoms with van der Waals surface area (Å²) in [6.07, 6.45) is 5.98. The van der Waals surface area contributed by atoms with E-state index < -0.39 is 11.9 Å². The Kier molecular flexibility index (Phi) is 2.92. The molecule has 1 aliphatic heterocycles. The topological polar surface area (TPSA) is 43.4 Å². The van der Waals surface area contributed by atoms with E-state index in [0.717, 1.165) is 36.8 Å². The highest BCUT2D eigenvalue weighted by Gasteiger charge is 2.37. The second kappa shape index (κ2) is 4.48. The Balaban J connectivity index is 2.39. The minimum Gasteiger partial charge on any atom is -0.386 e. The Bertz CT molecular complexity index is 533. The van der Waals surface area contributed by atoms with Crippen LogP contribution in [0.4, 0.5) is 0 Å². The molecule has 0 radical (unpaired) electrons. The number of carbonyl (C=O) groups is 2. The molecular weight excluding hydrogens is 240 g/mol. The molecule has 0 saturated carbocycles. The molecule has 1 aromatic rings. The number of benzene rings is 1. The van der Waals surface area contributed by atoms with Gasteiger partial charge in [-0.15, -0.1) is 0 Å². The molecule has 0 spiro atoms. The van der Waals surface area contributed by atoms with Crippen molar-refractivity contribution in [2.24, 2.45) is 0 Å². The molecule has 0 saturated heterocycles. The zero-order valence-corrected chi connectivity index (χ0v) is 11.5. The quantitative estimate of drug-likeness (QED) is 0.605. The molecule has 2 aliphatic rings. The summed E-state index contributed by atoms with van der Waals surface area (Å²) < 4.78 is 4.86. The van der Waals surface area contributed by atoms with Crippen LogP contribution in [0.25, 0.3) is 0 Å². The van der Waals surface area contributed by atoms with Crippen LogP contribution in [-0.2, 0) is 30.4 Å². The van der Waals surface area contributed by atoms with Gasteiger partial charge in [0.25, 0.3) is 0 Å². The first-order valence-electron chi connectivity index (χ1n) is 7.14. The average molecular weight is 258 g/mol. The standard InChI is InChI=1S/C16H18O3/c1-3-9-11-7-5-6-8-12(11)10(4-2)14-13(9)15(17)19-16(14)18/h3-8H2,1-2H3. The van der Waals surface area contributed by atoms with Crippen LogP contribution >= 0.6 is 0 Å². The minimum atomic E-state index is -0.445. The second-order valence-electron chi connectivity index (χ2n) is 5.26. The van der Waals surface area contributed by atoms with Gasteiger partial charge < -0.3 is 4.74 Å². The third kappa shape index (κ3) is 1.64. The number of carbonyl (C=O) groups excluding carboxylic acids is 2. The summed E-state index contributed by atoms with van der Waals surface area (Å²) in [5.74, 6) is -0.889. The molecule has 0 N–H and O–H groups in total. The van der Waals surface area contributed by atoms with Crippen LogP contribution in [0.3, 0.4) is 0 Å². The molecule has 100 valence electrons. The van der Waals surface area contributed by atoms with E-state index >= 15 is 0 Å². The van der Waals surface area contributed by atoms with Crippen molar-refractivity contribution in [3.05, 3.63) is 33.4 Å². The lowest BCUT2D eigenvalue weighted by Crippen LogP contribution is -2.15. The number of rotatable bonds is 2. The highest BCUT2D eigenvalue weighted by Crippen LogP contribution is 2.37. The highest BCUT2D eigenvalue weighted by atomic mass is 16.6. The molecule has 0 aromatic heterocycles. The first-order chi connectivity index (χ1) is 9.19. The molecule has 3 nitrogen and oxygen atoms in total. The molecule has 3 rings (SSSR count). The number of ether oxygens (including phenoxy) is 1. The molecule has 1 heterocycles. The summed E-state index contributed by atoms with van der Waals surface area (Å²) >= 11 is 0. The maximum atomic E-state index is 12.0. The van der Waals surface area contributed by atoms with Crippen LogP contribution in [0.15, 0.2) is 0 Å². The van der Waals surface area contributed by atoms with Gasteiger partial charge in [0.15, 0.2) is 0 Å². The third-order valence-corrected chi connectivity index (χ3v) is 4.35. The Morgan fingerprint density at radius 3 is 1.63 bits per heavy atom. The molecule has 0 fully saturated rings. The Labute approximate surface area is 113 Å². The van der Waals surface area contributed by atoms with E-state index in [1.165, 1.54) is 24.0 Å². The number of hydrogen-bond acceptors (Lipinski definition) is 3. The largest absolute Gasteiger partial charge is 0.386 e. The highest BCUT2D eigenvalue weighted by molar-refractivity contribution is 6.16. The van der Waals surface area contributed by atoms with E-state index in [4.69, 9.17) is 4.74 Å². The van der Waals surface area contributed by atoms with Crippen molar-refractivity contribution >= 4 is 11.9 Å². The maximum Gasteiger partial charge on any atom is 0.347 e. The van der Waals surface area contributed by atoms with Crippen molar-refractivity contribution < 1.29 is 14.3 Å². The fourth-order valence-electron chi connectivity index (χ4n) is 3.59. The Morgan fingerprint density at radius 2 is 1.26 bits per heavy atom. The van der Waals surface area contributed by atoms with Crippen LogP contribution in [0.5, 0.6) is 0 Å². The normalized spacial score (nSPS) is 17.2. The fraction of sp³-hybridized carbons (Fsp3) is 0.500. The van der Waals surface area contributed by atoms with Crippen LogP contribution in [0.2, 0.25) is 0 Å². The smallest absolute Gasteiger partial charge is 0.347 e. The zero-order valence-electron chi connectivity index (χ0n) is 11.5. The van der Waals surface area contributed by atoms with E-state index in [1.807, 2.05) is 13.8 Å². The lowest BCUT2D eigenvalue weighted by molar-refractivity contribution is 0.0443. The number of esters is 2. The molecule has 1 aromatic carbocycles. The first-order valence-corrected chi connectivity index (χ1v) is 7.14. The number of hydrogen-bond donors (Lipinski definition) is 0. The SMILES string of the molecule is CCc1c2c(c(CC)c3c1C(=O)OC3=O)CCCC2. The van der Waals surface area contributed by atoms with E-state index in [-0.39, 0.29) is 0 Å². The third-order valence-electron chi connectivity index (χ3n) is 4.35. The predicted octanol–water partition coefficient (Wildman–Crippen LogP) is 3.00. The van der Waals surface area contributed by atoms with Gasteiger partial charge in [0, 0.05) is 0 Å². The molecule has 0 bridgehead atoms. The zero-order chi connectivity index (χ0) is 13.6. The van der Waals surface area contributed by atoms with Crippen molar-refractivity contribution in [3.63, 3.8) is 0 Å². The van der Waals surface area contributed by atoms with Gasteiger partial charge in [-0.1, -0.05) is 13.8 Å². The summed E-state index contributed by atoms with van der Waals surface area (Å²) in [5, 5.41) is 0. The van der Waals surface area contributed by atoms with Gasteiger partial charge in [-0.2, -0.15) is 0 Å². The summed E-state index contributed by atoms with van der Waals surface area (Å²) in [4.78, 5) is 23.9. The molecular formula is C16H18O3. The van der Waals surface area contributed by atoms with Gasteiger partial charge in [-0.3, -0.25) is 0 Å². The first kappa shape index (κ1) is 12.4. The van der Waals surface area contributed by atoms with Gasteiger partial charge in [0.05, 0.1) is 11.1 Å². The van der Waals surface area contributed by atoms with E-state index in [1.54, 1.807) is 0 Å². The second-order valence-corrected chi connectivity index (χ2v) is 5.26. The van der Waals surface area contributed by atoms with Crippen molar-refractivity contribution in [2.75, 3.05) is 0 Å². The maximum absolute atomic E-state index is 12.0. The molecule has 0 unspecified atom stereocenters. The van der Waals surface area contributed by atoms with E-state index in [9.17, 15) is 9.59 Å². The van der Waals surface area contributed by atoms with Crippen molar-refractivity contribution in [1.29, 1.82) is 0 Å². The van der Waals surface area contributed by atoms with E-state index in [0.29, 0.717) is 11.1 Å². The lowest BCUT2D eigenvalue weighted by Gasteiger charge is -2.24. The molecule has 1 aliphatic carbocycles. The molecule has 0 amide bonds. The summed E-state index contributed by atoms with van der Waals surface area (Å²) in [6.45, 7) is 4.10. The lowest BCUT2D eigenvalue weighted by atomic mass is 9.79. The van der Waals surface area contributed by atoms with Gasteiger partial charge in [0.1, 0.15) is 0 Å². The van der Waals surface area contributed by atoms with E-state index in [2.05, 4.69) is 0 Å². The van der Waals surface area contributed by atoms with Crippen LogP contribution < -0.4 is 0 Å². The predicted molar refractivity (Wildman–Crippen MR) is 71.6 cm³/mol. The number of fused-ring (bicyclic) bond motifs is 2. The number of cyclic esters (lactones) is 2.